The number of rotatable bonds is 6. The van der Waals surface area contributed by atoms with E-state index < -0.39 is 0 Å². The van der Waals surface area contributed by atoms with Crippen molar-refractivity contribution < 1.29 is 14.0 Å². The molecule has 1 aliphatic rings. The van der Waals surface area contributed by atoms with Crippen molar-refractivity contribution in [3.05, 3.63) is 58.5 Å². The molecule has 0 bridgehead atoms. The number of carbonyl (C=O) groups is 2. The van der Waals surface area contributed by atoms with Crippen LogP contribution >= 0.6 is 15.9 Å². The Balaban J connectivity index is 1.51. The average molecular weight is 434 g/mol. The Morgan fingerprint density at radius 1 is 1.19 bits per heavy atom. The molecule has 1 aromatic carbocycles. The maximum absolute atomic E-state index is 12.5. The Morgan fingerprint density at radius 3 is 2.63 bits per heavy atom. The molecule has 1 fully saturated rings. The van der Waals surface area contributed by atoms with Gasteiger partial charge >= 0.3 is 0 Å². The number of amides is 2. The monoisotopic (exact) mass is 433 g/mol. The van der Waals surface area contributed by atoms with E-state index in [0.717, 1.165) is 19.5 Å². The minimum Gasteiger partial charge on any atom is -0.444 e. The second-order valence-electron chi connectivity index (χ2n) is 6.64. The number of hydrogen-bond donors (Lipinski definition) is 1. The van der Waals surface area contributed by atoms with Crippen molar-refractivity contribution in [3.63, 3.8) is 0 Å². The van der Waals surface area contributed by atoms with Crippen LogP contribution in [0.1, 0.15) is 29.5 Å². The first-order chi connectivity index (χ1) is 13.1. The molecule has 0 saturated carbocycles. The van der Waals surface area contributed by atoms with Crippen molar-refractivity contribution in [2.24, 2.45) is 0 Å². The molecule has 6 nitrogen and oxygen atoms in total. The molecular weight excluding hydrogens is 410 g/mol. The van der Waals surface area contributed by atoms with Crippen molar-refractivity contribution in [3.8, 4) is 0 Å². The number of halogens is 1. The average Bonchev–Trinajstić information content (AvgIpc) is 3.13. The highest BCUT2D eigenvalue weighted by Crippen LogP contribution is 2.17. The fraction of sp³-hybridized carbons (Fsp3) is 0.400. The van der Waals surface area contributed by atoms with Crippen molar-refractivity contribution >= 4 is 27.7 Å². The van der Waals surface area contributed by atoms with Crippen LogP contribution in [0.2, 0.25) is 0 Å². The molecule has 27 heavy (non-hydrogen) atoms. The van der Waals surface area contributed by atoms with Gasteiger partial charge in [0.1, 0.15) is 0 Å². The van der Waals surface area contributed by atoms with Crippen LogP contribution < -0.4 is 5.32 Å². The largest absolute Gasteiger partial charge is 0.444 e. The van der Waals surface area contributed by atoms with Gasteiger partial charge in [-0.3, -0.25) is 14.5 Å². The van der Waals surface area contributed by atoms with E-state index in [0.29, 0.717) is 23.8 Å². The minimum atomic E-state index is -0.385. The van der Waals surface area contributed by atoms with Crippen LogP contribution in [0.25, 0.3) is 0 Å². The van der Waals surface area contributed by atoms with Crippen LogP contribution in [0, 0.1) is 0 Å². The van der Waals surface area contributed by atoms with Crippen molar-refractivity contribution in [2.45, 2.75) is 25.9 Å². The molecule has 0 radical (unpaired) electrons. The quantitative estimate of drug-likeness (QED) is 0.760. The van der Waals surface area contributed by atoms with Crippen molar-refractivity contribution in [1.82, 2.24) is 15.1 Å². The molecule has 2 heterocycles. The zero-order valence-corrected chi connectivity index (χ0v) is 16.9. The van der Waals surface area contributed by atoms with E-state index >= 15 is 0 Å². The van der Waals surface area contributed by atoms with E-state index in [2.05, 4.69) is 57.3 Å². The van der Waals surface area contributed by atoms with E-state index in [-0.39, 0.29) is 24.1 Å². The third-order valence-electron chi connectivity index (χ3n) is 4.85. The number of furan rings is 1. The predicted octanol–water partition coefficient (Wildman–Crippen LogP) is 2.89. The first-order valence-electron chi connectivity index (χ1n) is 9.16. The zero-order valence-electron chi connectivity index (χ0n) is 15.4. The molecule has 1 aromatic heterocycles. The number of hydrogen-bond acceptors (Lipinski definition) is 4. The summed E-state index contributed by atoms with van der Waals surface area (Å²) in [6, 6.07) is 13.9. The lowest BCUT2D eigenvalue weighted by molar-refractivity contribution is -0.133. The molecule has 144 valence electrons. The lowest BCUT2D eigenvalue weighted by Gasteiger charge is -2.41. The molecule has 1 aliphatic heterocycles. The lowest BCUT2D eigenvalue weighted by Crippen LogP contribution is -2.55. The van der Waals surface area contributed by atoms with Crippen LogP contribution in [-0.4, -0.2) is 53.8 Å². The summed E-state index contributed by atoms with van der Waals surface area (Å²) in [7, 11) is 0. The third-order valence-corrected chi connectivity index (χ3v) is 5.28. The van der Waals surface area contributed by atoms with Gasteiger partial charge in [0.2, 0.25) is 5.91 Å². The molecule has 7 heteroatoms. The molecule has 1 atom stereocenters. The van der Waals surface area contributed by atoms with Gasteiger partial charge in [-0.1, -0.05) is 37.3 Å². The fourth-order valence-electron chi connectivity index (χ4n) is 3.32. The van der Waals surface area contributed by atoms with Gasteiger partial charge in [-0.2, -0.15) is 0 Å². The van der Waals surface area contributed by atoms with Crippen LogP contribution in [0.5, 0.6) is 0 Å². The normalized spacial score (nSPS) is 17.7. The van der Waals surface area contributed by atoms with E-state index in [1.165, 1.54) is 5.56 Å². The van der Waals surface area contributed by atoms with Gasteiger partial charge in [0.15, 0.2) is 10.4 Å². The van der Waals surface area contributed by atoms with Gasteiger partial charge in [-0.15, -0.1) is 0 Å². The smallest absolute Gasteiger partial charge is 0.287 e. The molecule has 1 saturated heterocycles. The summed E-state index contributed by atoms with van der Waals surface area (Å²) >= 11 is 3.16. The summed E-state index contributed by atoms with van der Waals surface area (Å²) in [6.07, 6.45) is 0.976. The number of nitrogens with one attached hydrogen (secondary N) is 1. The standard InChI is InChI=1S/C20H24BrN3O3/c1-2-16-14-24(11-10-23(16)13-15-6-4-3-5-7-15)19(25)12-22-20(26)17-8-9-18(21)27-17/h3-9,16H,2,10-14H2,1H3,(H,22,26)/t16-/m1/s1. The van der Waals surface area contributed by atoms with Crippen LogP contribution in [-0.2, 0) is 11.3 Å². The number of piperazine rings is 1. The molecule has 0 aliphatic carbocycles. The summed E-state index contributed by atoms with van der Waals surface area (Å²) in [5.41, 5.74) is 1.28. The lowest BCUT2D eigenvalue weighted by atomic mass is 10.1. The maximum Gasteiger partial charge on any atom is 0.287 e. The van der Waals surface area contributed by atoms with Crippen LogP contribution in [0.4, 0.5) is 0 Å². The summed E-state index contributed by atoms with van der Waals surface area (Å²) in [5, 5.41) is 2.63. The Bertz CT molecular complexity index is 778. The van der Waals surface area contributed by atoms with Crippen LogP contribution in [0.3, 0.4) is 0 Å². The summed E-state index contributed by atoms with van der Waals surface area (Å²) in [5.74, 6) is -0.260. The molecule has 0 spiro atoms. The number of carbonyl (C=O) groups excluding carboxylic acids is 2. The van der Waals surface area contributed by atoms with Gasteiger partial charge in [-0.05, 0) is 40.0 Å². The van der Waals surface area contributed by atoms with E-state index in [9.17, 15) is 9.59 Å². The zero-order chi connectivity index (χ0) is 19.2. The SMILES string of the molecule is CC[C@@H]1CN(C(=O)CNC(=O)c2ccc(Br)o2)CCN1Cc1ccccc1. The number of benzene rings is 1. The Kier molecular flexibility index (Phi) is 6.68. The summed E-state index contributed by atoms with van der Waals surface area (Å²) in [6.45, 7) is 5.21. The van der Waals surface area contributed by atoms with Gasteiger partial charge in [0.05, 0.1) is 6.54 Å². The highest BCUT2D eigenvalue weighted by atomic mass is 79.9. The molecule has 3 rings (SSSR count). The van der Waals surface area contributed by atoms with Gasteiger partial charge in [-0.25, -0.2) is 0 Å². The topological polar surface area (TPSA) is 65.8 Å². The van der Waals surface area contributed by atoms with Crippen molar-refractivity contribution in [2.75, 3.05) is 26.2 Å². The molecule has 1 N–H and O–H groups in total. The molecule has 2 amide bonds. The summed E-state index contributed by atoms with van der Waals surface area (Å²) < 4.78 is 5.69. The van der Waals surface area contributed by atoms with E-state index in [4.69, 9.17) is 4.42 Å². The van der Waals surface area contributed by atoms with Crippen molar-refractivity contribution in [1.29, 1.82) is 0 Å². The second-order valence-corrected chi connectivity index (χ2v) is 7.43. The second kappa shape index (κ2) is 9.19. The maximum atomic E-state index is 12.5. The third kappa shape index (κ3) is 5.20. The Hall–Kier alpha value is -2.12. The fourth-order valence-corrected chi connectivity index (χ4v) is 3.63. The Labute approximate surface area is 167 Å². The highest BCUT2D eigenvalue weighted by molar-refractivity contribution is 9.10. The van der Waals surface area contributed by atoms with E-state index in [1.54, 1.807) is 12.1 Å². The first kappa shape index (κ1) is 19.6. The Morgan fingerprint density at radius 2 is 1.96 bits per heavy atom. The van der Waals surface area contributed by atoms with E-state index in [1.807, 2.05) is 11.0 Å². The minimum absolute atomic E-state index is 0.0216. The van der Waals surface area contributed by atoms with Gasteiger partial charge in [0, 0.05) is 32.2 Å². The predicted molar refractivity (Wildman–Crippen MR) is 106 cm³/mol. The van der Waals surface area contributed by atoms with Gasteiger partial charge < -0.3 is 14.6 Å². The molecule has 2 aromatic rings. The highest BCUT2D eigenvalue weighted by Gasteiger charge is 2.28. The molecular formula is C20H24BrN3O3. The summed E-state index contributed by atoms with van der Waals surface area (Å²) in [4.78, 5) is 28.8. The number of nitrogens with zero attached hydrogens (tertiary/aromatic N) is 2. The van der Waals surface area contributed by atoms with Crippen LogP contribution in [0.15, 0.2) is 51.6 Å². The van der Waals surface area contributed by atoms with Gasteiger partial charge in [0.25, 0.3) is 5.91 Å². The first-order valence-corrected chi connectivity index (χ1v) is 9.95. The molecule has 0 unspecified atom stereocenters.